The Morgan fingerprint density at radius 1 is 1.08 bits per heavy atom. The molecule has 1 aromatic rings. The molecule has 5 unspecified atom stereocenters. The fourth-order valence-corrected chi connectivity index (χ4v) is 4.51. The van der Waals surface area contributed by atoms with Crippen LogP contribution in [0.5, 0.6) is 0 Å². The van der Waals surface area contributed by atoms with Crippen molar-refractivity contribution in [3.63, 3.8) is 0 Å². The molecule has 7 nitrogen and oxygen atoms in total. The van der Waals surface area contributed by atoms with E-state index in [1.807, 2.05) is 52.0 Å². The van der Waals surface area contributed by atoms with E-state index in [4.69, 9.17) is 4.74 Å². The number of nitrogens with one attached hydrogen (secondary N) is 2. The van der Waals surface area contributed by atoms with Gasteiger partial charge in [-0.3, -0.25) is 9.59 Å². The molecule has 2 N–H and O–H groups in total. The molecular weight excluding hydrogens is 454 g/mol. The van der Waals surface area contributed by atoms with E-state index in [0.29, 0.717) is 6.42 Å². The number of ether oxygens (including phenoxy) is 1. The molecule has 202 valence electrons. The highest BCUT2D eigenvalue weighted by atomic mass is 16.6. The Morgan fingerprint density at radius 2 is 1.67 bits per heavy atom. The van der Waals surface area contributed by atoms with Gasteiger partial charge in [0.05, 0.1) is 0 Å². The van der Waals surface area contributed by atoms with Gasteiger partial charge >= 0.3 is 6.09 Å². The van der Waals surface area contributed by atoms with Gasteiger partial charge in [-0.15, -0.1) is 0 Å². The predicted octanol–water partition coefficient (Wildman–Crippen LogP) is 5.52. The standard InChI is InChI=1S/C29H47N3O4/c1-10-11-21(6)30-26(33)25(22-14-12-19(4)13-15-22)32(24-17-20(24)5)27(34)23(16-18(2)3)31-28(35)36-29(7,8)9/h12-15,18,20-21,23-25H,10-11,16-17H2,1-9H3,(H,30,33)(H,31,35). The fourth-order valence-electron chi connectivity index (χ4n) is 4.51. The Morgan fingerprint density at radius 3 is 2.14 bits per heavy atom. The lowest BCUT2D eigenvalue weighted by Gasteiger charge is -2.36. The second-order valence-electron chi connectivity index (χ2n) is 11.9. The molecule has 5 atom stereocenters. The highest BCUT2D eigenvalue weighted by Gasteiger charge is 2.48. The zero-order chi connectivity index (χ0) is 27.2. The van der Waals surface area contributed by atoms with Crippen molar-refractivity contribution in [2.24, 2.45) is 11.8 Å². The highest BCUT2D eigenvalue weighted by Crippen LogP contribution is 2.41. The van der Waals surface area contributed by atoms with Crippen LogP contribution in [0.1, 0.15) is 98.2 Å². The molecule has 1 aromatic carbocycles. The van der Waals surface area contributed by atoms with Crippen molar-refractivity contribution in [2.45, 2.75) is 118 Å². The quantitative estimate of drug-likeness (QED) is 0.418. The van der Waals surface area contributed by atoms with E-state index in [9.17, 15) is 14.4 Å². The molecule has 7 heteroatoms. The molecule has 0 spiro atoms. The third-order valence-electron chi connectivity index (χ3n) is 6.40. The summed E-state index contributed by atoms with van der Waals surface area (Å²) in [6, 6.07) is 6.15. The lowest BCUT2D eigenvalue weighted by molar-refractivity contribution is -0.144. The summed E-state index contributed by atoms with van der Waals surface area (Å²) in [5.74, 6) is 0.00757. The molecule has 0 saturated heterocycles. The second-order valence-corrected chi connectivity index (χ2v) is 11.9. The first-order valence-electron chi connectivity index (χ1n) is 13.4. The van der Waals surface area contributed by atoms with E-state index in [-0.39, 0.29) is 35.7 Å². The van der Waals surface area contributed by atoms with Crippen LogP contribution in [0.15, 0.2) is 24.3 Å². The van der Waals surface area contributed by atoms with E-state index < -0.39 is 23.8 Å². The summed E-state index contributed by atoms with van der Waals surface area (Å²) in [6.45, 7) is 17.6. The van der Waals surface area contributed by atoms with Gasteiger partial charge in [0.2, 0.25) is 11.8 Å². The Labute approximate surface area is 217 Å². The average molecular weight is 502 g/mol. The SMILES string of the molecule is CCCC(C)NC(=O)C(c1ccc(C)cc1)N(C(=O)C(CC(C)C)NC(=O)OC(C)(C)C)C1CC1C. The Hall–Kier alpha value is -2.57. The molecule has 3 amide bonds. The summed E-state index contributed by atoms with van der Waals surface area (Å²) in [5, 5.41) is 5.95. The molecule has 1 saturated carbocycles. The van der Waals surface area contributed by atoms with Gasteiger partial charge in [-0.25, -0.2) is 4.79 Å². The van der Waals surface area contributed by atoms with E-state index in [1.54, 1.807) is 25.7 Å². The molecule has 36 heavy (non-hydrogen) atoms. The van der Waals surface area contributed by atoms with Gasteiger partial charge in [0.1, 0.15) is 17.7 Å². The van der Waals surface area contributed by atoms with Crippen LogP contribution in [-0.2, 0) is 14.3 Å². The van der Waals surface area contributed by atoms with Crippen LogP contribution < -0.4 is 10.6 Å². The van der Waals surface area contributed by atoms with Gasteiger partial charge in [0, 0.05) is 12.1 Å². The van der Waals surface area contributed by atoms with E-state index in [1.165, 1.54) is 0 Å². The van der Waals surface area contributed by atoms with Gasteiger partial charge < -0.3 is 20.3 Å². The van der Waals surface area contributed by atoms with Crippen molar-refractivity contribution in [3.05, 3.63) is 35.4 Å². The molecule has 0 aliphatic heterocycles. The van der Waals surface area contributed by atoms with Gasteiger partial charge in [-0.2, -0.15) is 0 Å². The van der Waals surface area contributed by atoms with E-state index in [2.05, 4.69) is 24.5 Å². The van der Waals surface area contributed by atoms with Crippen LogP contribution in [-0.4, -0.2) is 46.5 Å². The number of hydrogen-bond donors (Lipinski definition) is 2. The first-order valence-corrected chi connectivity index (χ1v) is 13.4. The third-order valence-corrected chi connectivity index (χ3v) is 6.40. The number of carbonyl (C=O) groups is 3. The first-order chi connectivity index (χ1) is 16.7. The molecule has 1 fully saturated rings. The Kier molecular flexibility index (Phi) is 10.4. The van der Waals surface area contributed by atoms with Crippen LogP contribution in [0.25, 0.3) is 0 Å². The summed E-state index contributed by atoms with van der Waals surface area (Å²) < 4.78 is 5.46. The Balaban J connectivity index is 2.47. The molecular formula is C29H47N3O4. The maximum absolute atomic E-state index is 14.2. The van der Waals surface area contributed by atoms with Crippen molar-refractivity contribution >= 4 is 17.9 Å². The number of carbonyl (C=O) groups excluding carboxylic acids is 3. The topological polar surface area (TPSA) is 87.7 Å². The van der Waals surface area contributed by atoms with Gasteiger partial charge in [0.15, 0.2) is 0 Å². The fraction of sp³-hybridized carbons (Fsp3) is 0.690. The number of alkyl carbamates (subject to hydrolysis) is 1. The van der Waals surface area contributed by atoms with E-state index in [0.717, 1.165) is 30.4 Å². The predicted molar refractivity (Wildman–Crippen MR) is 143 cm³/mol. The number of amides is 3. The Bertz CT molecular complexity index is 891. The van der Waals surface area contributed by atoms with Gasteiger partial charge in [0.25, 0.3) is 0 Å². The normalized spacial score (nSPS) is 19.7. The largest absolute Gasteiger partial charge is 0.444 e. The summed E-state index contributed by atoms with van der Waals surface area (Å²) >= 11 is 0. The molecule has 1 aliphatic rings. The lowest BCUT2D eigenvalue weighted by atomic mass is 9.98. The zero-order valence-corrected chi connectivity index (χ0v) is 23.7. The zero-order valence-electron chi connectivity index (χ0n) is 23.7. The highest BCUT2D eigenvalue weighted by molar-refractivity contribution is 5.92. The lowest BCUT2D eigenvalue weighted by Crippen LogP contribution is -2.55. The first kappa shape index (κ1) is 29.7. The molecule has 2 rings (SSSR count). The maximum Gasteiger partial charge on any atom is 0.408 e. The minimum atomic E-state index is -0.790. The number of aryl methyl sites for hydroxylation is 1. The third kappa shape index (κ3) is 8.82. The number of nitrogens with zero attached hydrogens (tertiary/aromatic N) is 1. The minimum Gasteiger partial charge on any atom is -0.444 e. The number of hydrogen-bond acceptors (Lipinski definition) is 4. The van der Waals surface area contributed by atoms with Crippen LogP contribution in [0.4, 0.5) is 4.79 Å². The van der Waals surface area contributed by atoms with Gasteiger partial charge in [-0.1, -0.05) is 63.9 Å². The molecule has 0 bridgehead atoms. The summed E-state index contributed by atoms with van der Waals surface area (Å²) in [7, 11) is 0. The second kappa shape index (κ2) is 12.6. The van der Waals surface area contributed by atoms with Crippen molar-refractivity contribution in [1.82, 2.24) is 15.5 Å². The molecule has 0 radical (unpaired) electrons. The van der Waals surface area contributed by atoms with Gasteiger partial charge in [-0.05, 0) is 71.3 Å². The van der Waals surface area contributed by atoms with Crippen molar-refractivity contribution < 1.29 is 19.1 Å². The summed E-state index contributed by atoms with van der Waals surface area (Å²) in [6.07, 6.45) is 2.46. The van der Waals surface area contributed by atoms with E-state index >= 15 is 0 Å². The smallest absolute Gasteiger partial charge is 0.408 e. The van der Waals surface area contributed by atoms with Crippen LogP contribution in [0.3, 0.4) is 0 Å². The van der Waals surface area contributed by atoms with Crippen LogP contribution in [0, 0.1) is 18.8 Å². The molecule has 0 heterocycles. The van der Waals surface area contributed by atoms with Crippen molar-refractivity contribution in [3.8, 4) is 0 Å². The number of rotatable bonds is 11. The number of benzene rings is 1. The average Bonchev–Trinajstić information content (AvgIpc) is 3.46. The van der Waals surface area contributed by atoms with Crippen LogP contribution >= 0.6 is 0 Å². The monoisotopic (exact) mass is 501 g/mol. The van der Waals surface area contributed by atoms with Crippen molar-refractivity contribution in [1.29, 1.82) is 0 Å². The summed E-state index contributed by atoms with van der Waals surface area (Å²) in [4.78, 5) is 42.3. The van der Waals surface area contributed by atoms with Crippen molar-refractivity contribution in [2.75, 3.05) is 0 Å². The molecule has 1 aliphatic carbocycles. The molecule has 0 aromatic heterocycles. The summed E-state index contributed by atoms with van der Waals surface area (Å²) in [5.41, 5.74) is 1.17. The maximum atomic E-state index is 14.2. The minimum absolute atomic E-state index is 0.00428. The van der Waals surface area contributed by atoms with Crippen LogP contribution in [0.2, 0.25) is 0 Å².